The Morgan fingerprint density at radius 1 is 1.80 bits per heavy atom. The normalized spacial score (nSPS) is 33.2. The summed E-state index contributed by atoms with van der Waals surface area (Å²) in [5.74, 6) is -0.582. The van der Waals surface area contributed by atoms with Gasteiger partial charge in [0.2, 0.25) is 0 Å². The quantitative estimate of drug-likeness (QED) is 0.438. The number of hydrogen-bond acceptors (Lipinski definition) is 3. The van der Waals surface area contributed by atoms with Crippen molar-refractivity contribution in [1.82, 2.24) is 5.32 Å². The molecule has 10 heavy (non-hydrogen) atoms. The molecule has 0 saturated carbocycles. The van der Waals surface area contributed by atoms with Crippen LogP contribution in [0.4, 0.5) is 0 Å². The molecule has 5 nitrogen and oxygen atoms in total. The lowest BCUT2D eigenvalue weighted by atomic mass is 10.5. The molecular formula is C4H11N2O3P. The lowest BCUT2D eigenvalue weighted by molar-refractivity contribution is 0.0945. The van der Waals surface area contributed by atoms with Crippen LogP contribution in [-0.4, -0.2) is 30.4 Å². The van der Waals surface area contributed by atoms with Crippen LogP contribution in [0.5, 0.6) is 0 Å². The molecule has 1 aliphatic heterocycles. The van der Waals surface area contributed by atoms with Crippen molar-refractivity contribution in [2.24, 2.45) is 5.50 Å². The van der Waals surface area contributed by atoms with Crippen molar-refractivity contribution in [3.8, 4) is 0 Å². The van der Waals surface area contributed by atoms with Crippen LogP contribution in [0.3, 0.4) is 0 Å². The van der Waals surface area contributed by atoms with Gasteiger partial charge in [-0.3, -0.25) is 10.1 Å². The fourth-order valence-electron chi connectivity index (χ4n) is 0.789. The maximum Gasteiger partial charge on any atom is 0.283 e. The van der Waals surface area contributed by atoms with Crippen molar-refractivity contribution >= 4 is 7.52 Å². The summed E-state index contributed by atoms with van der Waals surface area (Å²) in [5.41, 5.74) is 4.98. The molecule has 1 saturated heterocycles. The van der Waals surface area contributed by atoms with Gasteiger partial charge in [0.1, 0.15) is 5.78 Å². The van der Waals surface area contributed by atoms with Crippen LogP contribution >= 0.6 is 7.52 Å². The highest BCUT2D eigenvalue weighted by Crippen LogP contribution is 2.35. The zero-order chi connectivity index (χ0) is 7.61. The zero-order valence-electron chi connectivity index (χ0n) is 5.49. The number of ether oxygens (including phenoxy) is 1. The standard InChI is InChI=1S/C4H11N2O3P/c5-10(7,8)4-3-9-2-1-6-4/h4,6H,1-3H2,(H3,5,7,8). The number of rotatable bonds is 1. The lowest BCUT2D eigenvalue weighted by Gasteiger charge is -2.24. The van der Waals surface area contributed by atoms with Gasteiger partial charge in [0, 0.05) is 6.54 Å². The molecule has 0 aliphatic carbocycles. The first-order valence-corrected chi connectivity index (χ1v) is 4.82. The summed E-state index contributed by atoms with van der Waals surface area (Å²) >= 11 is 0. The summed E-state index contributed by atoms with van der Waals surface area (Å²) in [6.07, 6.45) is 0. The average molecular weight is 166 g/mol. The molecule has 1 fully saturated rings. The first-order chi connectivity index (χ1) is 4.61. The predicted octanol–water partition coefficient (Wildman–Crippen LogP) is -0.924. The van der Waals surface area contributed by atoms with Gasteiger partial charge in [-0.2, -0.15) is 0 Å². The SMILES string of the molecule is NP(=O)(O)C1COCCN1. The molecular weight excluding hydrogens is 155 g/mol. The molecule has 0 aromatic heterocycles. The summed E-state index contributed by atoms with van der Waals surface area (Å²) in [7, 11) is -3.48. The van der Waals surface area contributed by atoms with Gasteiger partial charge in [0.15, 0.2) is 0 Å². The minimum atomic E-state index is -3.48. The smallest absolute Gasteiger partial charge is 0.283 e. The Hall–Kier alpha value is 0.0700. The molecule has 6 heteroatoms. The molecule has 4 N–H and O–H groups in total. The highest BCUT2D eigenvalue weighted by molar-refractivity contribution is 7.56. The third kappa shape index (κ3) is 2.04. The maximum atomic E-state index is 10.8. The second-order valence-electron chi connectivity index (χ2n) is 2.22. The zero-order valence-corrected chi connectivity index (χ0v) is 6.38. The molecule has 2 unspecified atom stereocenters. The summed E-state index contributed by atoms with van der Waals surface area (Å²) in [4.78, 5) is 8.83. The lowest BCUT2D eigenvalue weighted by Crippen LogP contribution is -2.42. The van der Waals surface area contributed by atoms with Crippen molar-refractivity contribution in [1.29, 1.82) is 0 Å². The highest BCUT2D eigenvalue weighted by atomic mass is 31.2. The number of morpholine rings is 1. The van der Waals surface area contributed by atoms with E-state index < -0.39 is 13.3 Å². The Bertz CT molecular complexity index is 151. The maximum absolute atomic E-state index is 10.8. The molecule has 0 aromatic carbocycles. The Balaban J connectivity index is 2.47. The largest absolute Gasteiger partial charge is 0.378 e. The van der Waals surface area contributed by atoms with Gasteiger partial charge < -0.3 is 14.9 Å². The van der Waals surface area contributed by atoms with Gasteiger partial charge in [-0.15, -0.1) is 0 Å². The van der Waals surface area contributed by atoms with Crippen molar-refractivity contribution in [2.45, 2.75) is 5.78 Å². The molecule has 1 rings (SSSR count). The van der Waals surface area contributed by atoms with E-state index in [1.165, 1.54) is 0 Å². The number of nitrogens with two attached hydrogens (primary N) is 1. The molecule has 2 atom stereocenters. The molecule has 0 bridgehead atoms. The topological polar surface area (TPSA) is 84.6 Å². The number of nitrogens with one attached hydrogen (secondary N) is 1. The first kappa shape index (κ1) is 8.17. The van der Waals surface area contributed by atoms with Crippen LogP contribution in [-0.2, 0) is 9.30 Å². The first-order valence-electron chi connectivity index (χ1n) is 3.03. The third-order valence-electron chi connectivity index (χ3n) is 1.35. The van der Waals surface area contributed by atoms with E-state index in [0.717, 1.165) is 0 Å². The predicted molar refractivity (Wildman–Crippen MR) is 36.6 cm³/mol. The number of hydrogen-bond donors (Lipinski definition) is 3. The second kappa shape index (κ2) is 2.98. The molecule has 60 valence electrons. The average Bonchev–Trinajstić information content (AvgIpc) is 1.88. The molecule has 0 radical (unpaired) electrons. The van der Waals surface area contributed by atoms with Crippen LogP contribution in [0.25, 0.3) is 0 Å². The second-order valence-corrected chi connectivity index (χ2v) is 4.19. The van der Waals surface area contributed by atoms with Crippen molar-refractivity contribution in [3.63, 3.8) is 0 Å². The van der Waals surface area contributed by atoms with E-state index in [-0.39, 0.29) is 6.61 Å². The summed E-state index contributed by atoms with van der Waals surface area (Å²) in [5, 5.41) is 2.80. The highest BCUT2D eigenvalue weighted by Gasteiger charge is 2.28. The summed E-state index contributed by atoms with van der Waals surface area (Å²) < 4.78 is 15.7. The van der Waals surface area contributed by atoms with Gasteiger partial charge in [-0.1, -0.05) is 0 Å². The minimum Gasteiger partial charge on any atom is -0.378 e. The Labute approximate surface area is 59.1 Å². The monoisotopic (exact) mass is 166 g/mol. The molecule has 1 aliphatic rings. The van der Waals surface area contributed by atoms with Crippen LogP contribution in [0.1, 0.15) is 0 Å². The van der Waals surface area contributed by atoms with Crippen LogP contribution in [0.2, 0.25) is 0 Å². The Morgan fingerprint density at radius 3 is 2.80 bits per heavy atom. The van der Waals surface area contributed by atoms with E-state index in [9.17, 15) is 4.57 Å². The van der Waals surface area contributed by atoms with Gasteiger partial charge in [0.05, 0.1) is 13.2 Å². The van der Waals surface area contributed by atoms with E-state index in [1.54, 1.807) is 0 Å². The fraction of sp³-hybridized carbons (Fsp3) is 1.00. The molecule has 0 aromatic rings. The Kier molecular flexibility index (Phi) is 2.44. The minimum absolute atomic E-state index is 0.226. The third-order valence-corrected chi connectivity index (χ3v) is 2.57. The van der Waals surface area contributed by atoms with Gasteiger partial charge in [-0.25, -0.2) is 0 Å². The van der Waals surface area contributed by atoms with E-state index in [4.69, 9.17) is 15.1 Å². The van der Waals surface area contributed by atoms with Crippen LogP contribution in [0.15, 0.2) is 0 Å². The molecule has 1 heterocycles. The van der Waals surface area contributed by atoms with Crippen molar-refractivity contribution < 1.29 is 14.2 Å². The van der Waals surface area contributed by atoms with Crippen molar-refractivity contribution in [2.75, 3.05) is 19.8 Å². The van der Waals surface area contributed by atoms with E-state index in [1.807, 2.05) is 0 Å². The van der Waals surface area contributed by atoms with Crippen molar-refractivity contribution in [3.05, 3.63) is 0 Å². The fourth-order valence-corrected chi connectivity index (χ4v) is 1.50. The van der Waals surface area contributed by atoms with Gasteiger partial charge in [0.25, 0.3) is 7.52 Å². The van der Waals surface area contributed by atoms with E-state index in [2.05, 4.69) is 5.32 Å². The Morgan fingerprint density at radius 2 is 2.50 bits per heavy atom. The molecule has 0 spiro atoms. The van der Waals surface area contributed by atoms with E-state index >= 15 is 0 Å². The molecule has 0 amide bonds. The van der Waals surface area contributed by atoms with Crippen LogP contribution in [0, 0.1) is 0 Å². The summed E-state index contributed by atoms with van der Waals surface area (Å²) in [6.45, 7) is 1.40. The van der Waals surface area contributed by atoms with Crippen LogP contribution < -0.4 is 10.8 Å². The van der Waals surface area contributed by atoms with Gasteiger partial charge in [-0.05, 0) is 0 Å². The van der Waals surface area contributed by atoms with E-state index in [0.29, 0.717) is 13.2 Å². The summed E-state index contributed by atoms with van der Waals surface area (Å²) in [6, 6.07) is 0. The van der Waals surface area contributed by atoms with Gasteiger partial charge >= 0.3 is 0 Å².